The number of anilines is 1. The number of hydrogen-bond acceptors (Lipinski definition) is 5. The van der Waals surface area contributed by atoms with Crippen molar-refractivity contribution in [3.63, 3.8) is 0 Å². The molecule has 2 fully saturated rings. The van der Waals surface area contributed by atoms with E-state index in [1.807, 2.05) is 31.2 Å². The van der Waals surface area contributed by atoms with Crippen molar-refractivity contribution < 1.29 is 4.79 Å². The lowest BCUT2D eigenvalue weighted by molar-refractivity contribution is -0.117. The zero-order chi connectivity index (χ0) is 19.3. The zero-order valence-corrected chi connectivity index (χ0v) is 17.5. The molecule has 1 aromatic heterocycles. The molecular formula is C22H30N4OS. The molecule has 0 atom stereocenters. The smallest absolute Gasteiger partial charge is 0.238 e. The Balaban J connectivity index is 1.23. The van der Waals surface area contributed by atoms with Crippen molar-refractivity contribution in [2.45, 2.75) is 45.1 Å². The second-order valence-electron chi connectivity index (χ2n) is 7.98. The van der Waals surface area contributed by atoms with Crippen LogP contribution in [0.2, 0.25) is 0 Å². The van der Waals surface area contributed by atoms with E-state index >= 15 is 0 Å². The number of piperazine rings is 1. The third kappa shape index (κ3) is 4.99. The number of amides is 1. The molecule has 2 heterocycles. The Labute approximate surface area is 171 Å². The normalized spacial score (nSPS) is 19.6. The van der Waals surface area contributed by atoms with Gasteiger partial charge in [-0.15, -0.1) is 11.3 Å². The molecule has 1 aromatic carbocycles. The molecule has 150 valence electrons. The predicted molar refractivity (Wildman–Crippen MR) is 116 cm³/mol. The van der Waals surface area contributed by atoms with Crippen LogP contribution in [0.5, 0.6) is 0 Å². The van der Waals surface area contributed by atoms with Crippen LogP contribution < -0.4 is 5.32 Å². The lowest BCUT2D eigenvalue weighted by Crippen LogP contribution is -2.52. The minimum Gasteiger partial charge on any atom is -0.325 e. The Bertz CT molecular complexity index is 774. The fraction of sp³-hybridized carbons (Fsp3) is 0.545. The summed E-state index contributed by atoms with van der Waals surface area (Å²) in [5.41, 5.74) is 2.93. The van der Waals surface area contributed by atoms with E-state index in [0.717, 1.165) is 54.2 Å². The number of rotatable bonds is 5. The van der Waals surface area contributed by atoms with Crippen molar-refractivity contribution in [2.75, 3.05) is 38.0 Å². The minimum absolute atomic E-state index is 0.0726. The van der Waals surface area contributed by atoms with E-state index in [2.05, 4.69) is 25.5 Å². The number of carbonyl (C=O) groups excluding carboxylic acids is 1. The summed E-state index contributed by atoms with van der Waals surface area (Å²) >= 11 is 1.65. The number of carbonyl (C=O) groups is 1. The molecule has 0 bridgehead atoms. The molecule has 1 N–H and O–H groups in total. The second kappa shape index (κ2) is 9.16. The Hall–Kier alpha value is -1.76. The number of aromatic nitrogens is 1. The molecule has 2 aliphatic rings. The maximum Gasteiger partial charge on any atom is 0.238 e. The van der Waals surface area contributed by atoms with Gasteiger partial charge in [-0.25, -0.2) is 4.98 Å². The molecular weight excluding hydrogens is 368 g/mol. The van der Waals surface area contributed by atoms with Crippen molar-refractivity contribution in [1.29, 1.82) is 0 Å². The fourth-order valence-electron chi connectivity index (χ4n) is 4.36. The number of hydrogen-bond donors (Lipinski definition) is 1. The van der Waals surface area contributed by atoms with Crippen LogP contribution in [0.1, 0.15) is 37.1 Å². The summed E-state index contributed by atoms with van der Waals surface area (Å²) in [6.07, 6.45) is 6.89. The highest BCUT2D eigenvalue weighted by Gasteiger charge is 2.25. The highest BCUT2D eigenvalue weighted by atomic mass is 32.1. The molecule has 1 amide bonds. The van der Waals surface area contributed by atoms with Gasteiger partial charge in [0, 0.05) is 48.9 Å². The van der Waals surface area contributed by atoms with Crippen LogP contribution >= 0.6 is 11.3 Å². The van der Waals surface area contributed by atoms with Crippen LogP contribution in [0.25, 0.3) is 11.3 Å². The van der Waals surface area contributed by atoms with Gasteiger partial charge in [-0.2, -0.15) is 0 Å². The van der Waals surface area contributed by atoms with Gasteiger partial charge in [0.25, 0.3) is 0 Å². The lowest BCUT2D eigenvalue weighted by atomic mass is 9.94. The van der Waals surface area contributed by atoms with Crippen LogP contribution in [0.3, 0.4) is 0 Å². The van der Waals surface area contributed by atoms with E-state index in [-0.39, 0.29) is 5.91 Å². The SMILES string of the molecule is Cc1nc(-c2ccc(NC(=O)CN3CCN(C4CCCCC4)CC3)cc2)cs1. The van der Waals surface area contributed by atoms with E-state index < -0.39 is 0 Å². The number of nitrogens with one attached hydrogen (secondary N) is 1. The van der Waals surface area contributed by atoms with Crippen LogP contribution in [0.4, 0.5) is 5.69 Å². The van der Waals surface area contributed by atoms with E-state index in [4.69, 9.17) is 0 Å². The summed E-state index contributed by atoms with van der Waals surface area (Å²) in [4.78, 5) is 21.9. The van der Waals surface area contributed by atoms with Gasteiger partial charge in [0.15, 0.2) is 0 Å². The van der Waals surface area contributed by atoms with Crippen LogP contribution in [-0.2, 0) is 4.79 Å². The monoisotopic (exact) mass is 398 g/mol. The molecule has 4 rings (SSSR count). The molecule has 1 aliphatic heterocycles. The van der Waals surface area contributed by atoms with E-state index in [1.54, 1.807) is 11.3 Å². The Morgan fingerprint density at radius 1 is 1.11 bits per heavy atom. The molecule has 1 aliphatic carbocycles. The molecule has 1 saturated carbocycles. The first-order valence-electron chi connectivity index (χ1n) is 10.5. The minimum atomic E-state index is 0.0726. The Kier molecular flexibility index (Phi) is 6.40. The predicted octanol–water partition coefficient (Wildman–Crippen LogP) is 4.01. The number of nitrogens with zero attached hydrogens (tertiary/aromatic N) is 3. The van der Waals surface area contributed by atoms with Crippen LogP contribution in [0, 0.1) is 6.92 Å². The van der Waals surface area contributed by atoms with E-state index in [9.17, 15) is 4.79 Å². The van der Waals surface area contributed by atoms with Crippen molar-refractivity contribution >= 4 is 22.9 Å². The summed E-state index contributed by atoms with van der Waals surface area (Å²) in [6, 6.07) is 8.75. The molecule has 0 unspecified atom stereocenters. The summed E-state index contributed by atoms with van der Waals surface area (Å²) in [6.45, 7) is 6.67. The van der Waals surface area contributed by atoms with Gasteiger partial charge in [-0.3, -0.25) is 14.6 Å². The van der Waals surface area contributed by atoms with Gasteiger partial charge in [-0.05, 0) is 31.9 Å². The number of thiazole rings is 1. The zero-order valence-electron chi connectivity index (χ0n) is 16.7. The molecule has 1 saturated heterocycles. The summed E-state index contributed by atoms with van der Waals surface area (Å²) in [5.74, 6) is 0.0726. The topological polar surface area (TPSA) is 48.5 Å². The quantitative estimate of drug-likeness (QED) is 0.827. The Morgan fingerprint density at radius 2 is 1.82 bits per heavy atom. The largest absolute Gasteiger partial charge is 0.325 e. The maximum absolute atomic E-state index is 12.4. The molecule has 0 spiro atoms. The molecule has 28 heavy (non-hydrogen) atoms. The fourth-order valence-corrected chi connectivity index (χ4v) is 4.98. The van der Waals surface area contributed by atoms with Crippen LogP contribution in [-0.4, -0.2) is 59.5 Å². The maximum atomic E-state index is 12.4. The molecule has 5 nitrogen and oxygen atoms in total. The lowest BCUT2D eigenvalue weighted by Gasteiger charge is -2.40. The van der Waals surface area contributed by atoms with Crippen molar-refractivity contribution in [2.24, 2.45) is 0 Å². The van der Waals surface area contributed by atoms with Gasteiger partial charge in [0.2, 0.25) is 5.91 Å². The molecule has 0 radical (unpaired) electrons. The molecule has 2 aromatic rings. The number of benzene rings is 1. The third-order valence-corrected chi connectivity index (χ3v) is 6.72. The average Bonchev–Trinajstić information content (AvgIpc) is 3.16. The second-order valence-corrected chi connectivity index (χ2v) is 9.04. The first-order chi connectivity index (χ1) is 13.7. The summed E-state index contributed by atoms with van der Waals surface area (Å²) in [5, 5.41) is 6.17. The molecule has 6 heteroatoms. The van der Waals surface area contributed by atoms with Crippen molar-refractivity contribution in [3.05, 3.63) is 34.7 Å². The average molecular weight is 399 g/mol. The van der Waals surface area contributed by atoms with Gasteiger partial charge in [0.1, 0.15) is 0 Å². The third-order valence-electron chi connectivity index (χ3n) is 5.95. The standard InChI is InChI=1S/C22H30N4OS/c1-17-23-21(16-28-17)18-7-9-19(10-8-18)24-22(27)15-25-11-13-26(14-12-25)20-5-3-2-4-6-20/h7-10,16,20H,2-6,11-15H2,1H3,(H,24,27). The van der Waals surface area contributed by atoms with Gasteiger partial charge >= 0.3 is 0 Å². The summed E-state index contributed by atoms with van der Waals surface area (Å²) in [7, 11) is 0. The van der Waals surface area contributed by atoms with Crippen LogP contribution in [0.15, 0.2) is 29.6 Å². The highest BCUT2D eigenvalue weighted by molar-refractivity contribution is 7.09. The van der Waals surface area contributed by atoms with Crippen molar-refractivity contribution in [1.82, 2.24) is 14.8 Å². The summed E-state index contributed by atoms with van der Waals surface area (Å²) < 4.78 is 0. The first kappa shape index (κ1) is 19.6. The number of aryl methyl sites for hydroxylation is 1. The van der Waals surface area contributed by atoms with E-state index in [1.165, 1.54) is 32.1 Å². The first-order valence-corrected chi connectivity index (χ1v) is 11.3. The van der Waals surface area contributed by atoms with Gasteiger partial charge in [0.05, 0.1) is 17.2 Å². The van der Waals surface area contributed by atoms with Gasteiger partial charge < -0.3 is 5.32 Å². The Morgan fingerprint density at radius 3 is 2.46 bits per heavy atom. The van der Waals surface area contributed by atoms with E-state index in [0.29, 0.717) is 6.54 Å². The highest BCUT2D eigenvalue weighted by Crippen LogP contribution is 2.24. The van der Waals surface area contributed by atoms with Gasteiger partial charge in [-0.1, -0.05) is 31.4 Å². The van der Waals surface area contributed by atoms with Crippen molar-refractivity contribution in [3.8, 4) is 11.3 Å².